The first-order chi connectivity index (χ1) is 9.67. The number of rotatable bonds is 3. The van der Waals surface area contributed by atoms with Crippen molar-refractivity contribution in [2.24, 2.45) is 0 Å². The zero-order valence-electron chi connectivity index (χ0n) is 14.4. The van der Waals surface area contributed by atoms with Crippen molar-refractivity contribution in [3.8, 4) is 0 Å². The summed E-state index contributed by atoms with van der Waals surface area (Å²) in [6, 6.07) is 4.35. The average molecular weight is 290 g/mol. The van der Waals surface area contributed by atoms with Gasteiger partial charge in [0.15, 0.2) is 0 Å². The highest BCUT2D eigenvalue weighted by Crippen LogP contribution is 2.24. The van der Waals surface area contributed by atoms with Crippen LogP contribution in [0.2, 0.25) is 0 Å². The maximum Gasteiger partial charge on any atom is 0.0562 e. The van der Waals surface area contributed by atoms with E-state index in [1.54, 1.807) is 0 Å². The van der Waals surface area contributed by atoms with Gasteiger partial charge in [-0.3, -0.25) is 9.88 Å². The Morgan fingerprint density at radius 2 is 2.00 bits per heavy atom. The van der Waals surface area contributed by atoms with Crippen molar-refractivity contribution in [3.05, 3.63) is 24.0 Å². The van der Waals surface area contributed by atoms with Crippen molar-refractivity contribution in [1.82, 2.24) is 15.2 Å². The highest BCUT2D eigenvalue weighted by molar-refractivity contribution is 5.47. The third-order valence-electron chi connectivity index (χ3n) is 4.28. The van der Waals surface area contributed by atoms with Gasteiger partial charge in [-0.1, -0.05) is 0 Å². The molecule has 21 heavy (non-hydrogen) atoms. The molecule has 1 aromatic rings. The lowest BCUT2D eigenvalue weighted by atomic mass is 9.99. The summed E-state index contributed by atoms with van der Waals surface area (Å²) in [5.41, 5.74) is 2.73. The van der Waals surface area contributed by atoms with E-state index in [-0.39, 0.29) is 11.1 Å². The Balaban J connectivity index is 2.07. The topological polar surface area (TPSA) is 31.4 Å². The number of nitrogens with zero attached hydrogens (tertiary/aromatic N) is 3. The van der Waals surface area contributed by atoms with Crippen molar-refractivity contribution >= 4 is 5.69 Å². The molecule has 1 saturated heterocycles. The zero-order chi connectivity index (χ0) is 15.7. The standard InChI is InChI=1S/C17H30N4/c1-16(2,3)19-12-14-11-15(7-8-18-14)21-10-9-20(6)17(4,5)13-21/h7-8,11,19H,9-10,12-13H2,1-6H3. The van der Waals surface area contributed by atoms with Crippen LogP contribution >= 0.6 is 0 Å². The number of piperazine rings is 1. The second-order valence-corrected chi connectivity index (χ2v) is 7.76. The van der Waals surface area contributed by atoms with Crippen molar-refractivity contribution in [2.45, 2.75) is 52.2 Å². The van der Waals surface area contributed by atoms with Crippen LogP contribution in [-0.4, -0.2) is 47.6 Å². The molecular formula is C17H30N4. The maximum atomic E-state index is 4.49. The van der Waals surface area contributed by atoms with Crippen LogP contribution in [0.3, 0.4) is 0 Å². The molecule has 1 N–H and O–H groups in total. The van der Waals surface area contributed by atoms with Crippen LogP contribution < -0.4 is 10.2 Å². The Kier molecular flexibility index (Phi) is 4.59. The van der Waals surface area contributed by atoms with Crippen LogP contribution in [0.25, 0.3) is 0 Å². The molecule has 0 radical (unpaired) electrons. The van der Waals surface area contributed by atoms with Crippen LogP contribution in [0.4, 0.5) is 5.69 Å². The van der Waals surface area contributed by atoms with Crippen LogP contribution in [0.15, 0.2) is 18.3 Å². The summed E-state index contributed by atoms with van der Waals surface area (Å²) in [6.45, 7) is 15.2. The van der Waals surface area contributed by atoms with Gasteiger partial charge in [-0.15, -0.1) is 0 Å². The minimum atomic E-state index is 0.119. The minimum absolute atomic E-state index is 0.119. The smallest absolute Gasteiger partial charge is 0.0562 e. The number of nitrogens with one attached hydrogen (secondary N) is 1. The predicted molar refractivity (Wildman–Crippen MR) is 89.8 cm³/mol. The molecule has 4 heteroatoms. The number of pyridine rings is 1. The fraction of sp³-hybridized carbons (Fsp3) is 0.706. The fourth-order valence-corrected chi connectivity index (χ4v) is 2.58. The lowest BCUT2D eigenvalue weighted by Crippen LogP contribution is -2.57. The van der Waals surface area contributed by atoms with E-state index in [2.05, 4.69) is 73.9 Å². The summed E-state index contributed by atoms with van der Waals surface area (Å²) >= 11 is 0. The summed E-state index contributed by atoms with van der Waals surface area (Å²) in [5, 5.41) is 3.50. The predicted octanol–water partition coefficient (Wildman–Crippen LogP) is 2.50. The Bertz CT molecular complexity index is 476. The Hall–Kier alpha value is -1.13. The lowest BCUT2D eigenvalue weighted by Gasteiger charge is -2.46. The second kappa shape index (κ2) is 5.93. The third kappa shape index (κ3) is 4.42. The number of aromatic nitrogens is 1. The molecule has 1 aliphatic heterocycles. The maximum absolute atomic E-state index is 4.49. The van der Waals surface area contributed by atoms with E-state index in [9.17, 15) is 0 Å². The van der Waals surface area contributed by atoms with Gasteiger partial charge in [0, 0.05) is 49.1 Å². The van der Waals surface area contributed by atoms with Gasteiger partial charge in [-0.2, -0.15) is 0 Å². The van der Waals surface area contributed by atoms with Crippen molar-refractivity contribution in [1.29, 1.82) is 0 Å². The van der Waals surface area contributed by atoms with Gasteiger partial charge in [-0.25, -0.2) is 0 Å². The van der Waals surface area contributed by atoms with E-state index in [1.807, 2.05) is 6.20 Å². The van der Waals surface area contributed by atoms with Gasteiger partial charge in [0.1, 0.15) is 0 Å². The molecule has 0 bridgehead atoms. The number of likely N-dealkylation sites (N-methyl/N-ethyl adjacent to an activating group) is 1. The molecule has 2 heterocycles. The first kappa shape index (κ1) is 16.2. The molecular weight excluding hydrogens is 260 g/mol. The van der Waals surface area contributed by atoms with E-state index >= 15 is 0 Å². The monoisotopic (exact) mass is 290 g/mol. The van der Waals surface area contributed by atoms with E-state index < -0.39 is 0 Å². The zero-order valence-corrected chi connectivity index (χ0v) is 14.4. The normalized spacial score (nSPS) is 19.8. The SMILES string of the molecule is CN1CCN(c2ccnc(CNC(C)(C)C)c2)CC1(C)C. The van der Waals surface area contributed by atoms with Crippen molar-refractivity contribution in [3.63, 3.8) is 0 Å². The van der Waals surface area contributed by atoms with Crippen molar-refractivity contribution < 1.29 is 0 Å². The summed E-state index contributed by atoms with van der Waals surface area (Å²) in [4.78, 5) is 9.40. The molecule has 4 nitrogen and oxygen atoms in total. The molecule has 1 aliphatic rings. The number of anilines is 1. The molecule has 0 atom stereocenters. The van der Waals surface area contributed by atoms with Gasteiger partial charge in [-0.05, 0) is 53.8 Å². The molecule has 0 aliphatic carbocycles. The Morgan fingerprint density at radius 1 is 1.29 bits per heavy atom. The van der Waals surface area contributed by atoms with Gasteiger partial charge in [0.25, 0.3) is 0 Å². The summed E-state index contributed by atoms with van der Waals surface area (Å²) in [5.74, 6) is 0. The van der Waals surface area contributed by atoms with E-state index in [1.165, 1.54) is 5.69 Å². The molecule has 1 aromatic heterocycles. The first-order valence-electron chi connectivity index (χ1n) is 7.83. The lowest BCUT2D eigenvalue weighted by molar-refractivity contribution is 0.139. The highest BCUT2D eigenvalue weighted by Gasteiger charge is 2.31. The highest BCUT2D eigenvalue weighted by atomic mass is 15.3. The molecule has 118 valence electrons. The molecule has 1 fully saturated rings. The van der Waals surface area contributed by atoms with E-state index in [4.69, 9.17) is 0 Å². The van der Waals surface area contributed by atoms with E-state index in [0.717, 1.165) is 31.9 Å². The molecule has 0 amide bonds. The minimum Gasteiger partial charge on any atom is -0.368 e. The summed E-state index contributed by atoms with van der Waals surface area (Å²) in [7, 11) is 2.21. The Labute approximate surface area is 129 Å². The van der Waals surface area contributed by atoms with Crippen LogP contribution in [-0.2, 0) is 6.54 Å². The summed E-state index contributed by atoms with van der Waals surface area (Å²) in [6.07, 6.45) is 1.93. The Morgan fingerprint density at radius 3 is 2.62 bits per heavy atom. The first-order valence-corrected chi connectivity index (χ1v) is 7.83. The van der Waals surface area contributed by atoms with E-state index in [0.29, 0.717) is 0 Å². The summed E-state index contributed by atoms with van der Waals surface area (Å²) < 4.78 is 0. The third-order valence-corrected chi connectivity index (χ3v) is 4.28. The molecule has 2 rings (SSSR count). The van der Waals surface area contributed by atoms with Crippen molar-refractivity contribution in [2.75, 3.05) is 31.6 Å². The van der Waals surface area contributed by atoms with Crippen LogP contribution in [0.1, 0.15) is 40.3 Å². The molecule has 0 unspecified atom stereocenters. The number of hydrogen-bond acceptors (Lipinski definition) is 4. The molecule has 0 aromatic carbocycles. The van der Waals surface area contributed by atoms with Gasteiger partial charge in [0.05, 0.1) is 5.69 Å². The fourth-order valence-electron chi connectivity index (χ4n) is 2.58. The van der Waals surface area contributed by atoms with Gasteiger partial charge in [0.2, 0.25) is 0 Å². The second-order valence-electron chi connectivity index (χ2n) is 7.76. The largest absolute Gasteiger partial charge is 0.368 e. The quantitative estimate of drug-likeness (QED) is 0.927. The number of hydrogen-bond donors (Lipinski definition) is 1. The van der Waals surface area contributed by atoms with Gasteiger partial charge < -0.3 is 10.2 Å². The van der Waals surface area contributed by atoms with Crippen LogP contribution in [0, 0.1) is 0 Å². The van der Waals surface area contributed by atoms with Gasteiger partial charge >= 0.3 is 0 Å². The molecule has 0 saturated carbocycles. The van der Waals surface area contributed by atoms with Crippen LogP contribution in [0.5, 0.6) is 0 Å². The molecule has 0 spiro atoms. The average Bonchev–Trinajstić information content (AvgIpc) is 2.39.